The Morgan fingerprint density at radius 3 is 2.64 bits per heavy atom. The van der Waals surface area contributed by atoms with E-state index >= 15 is 0 Å². The minimum atomic E-state index is -0.510. The normalized spacial score (nSPS) is 20.8. The molecular formula is C18H20N2O2. The molecule has 1 saturated carbocycles. The number of hydrogen-bond donors (Lipinski definition) is 2. The molecule has 2 atom stereocenters. The number of anilines is 1. The molecule has 1 fully saturated rings. The Kier molecular flexibility index (Phi) is 4.20. The second-order valence-electron chi connectivity index (χ2n) is 5.86. The molecule has 1 aromatic carbocycles. The summed E-state index contributed by atoms with van der Waals surface area (Å²) in [6, 6.07) is 9.89. The van der Waals surface area contributed by atoms with Gasteiger partial charge in [0.05, 0.1) is 12.0 Å². The maximum absolute atomic E-state index is 12.3. The van der Waals surface area contributed by atoms with Crippen LogP contribution < -0.4 is 5.32 Å². The van der Waals surface area contributed by atoms with E-state index in [9.17, 15) is 9.90 Å². The van der Waals surface area contributed by atoms with Crippen LogP contribution in [0.2, 0.25) is 0 Å². The fourth-order valence-electron chi connectivity index (χ4n) is 2.95. The summed E-state index contributed by atoms with van der Waals surface area (Å²) in [6.45, 7) is 1.97. The first-order chi connectivity index (χ1) is 10.6. The van der Waals surface area contributed by atoms with Crippen molar-refractivity contribution in [3.05, 3.63) is 48.3 Å². The number of hydrogen-bond acceptors (Lipinski definition) is 3. The molecule has 114 valence electrons. The van der Waals surface area contributed by atoms with Crippen LogP contribution in [-0.2, 0) is 4.79 Å². The zero-order valence-corrected chi connectivity index (χ0v) is 12.6. The second-order valence-corrected chi connectivity index (χ2v) is 5.86. The summed E-state index contributed by atoms with van der Waals surface area (Å²) in [5, 5.41) is 12.8. The SMILES string of the molecule is Cc1ccc(-c2ccncc2)cc1NC(=O)C1CCCC1O. The lowest BCUT2D eigenvalue weighted by Gasteiger charge is -2.16. The Balaban J connectivity index is 1.83. The number of pyridine rings is 1. The number of aryl methyl sites for hydroxylation is 1. The highest BCUT2D eigenvalue weighted by molar-refractivity contribution is 5.94. The van der Waals surface area contributed by atoms with E-state index in [2.05, 4.69) is 10.3 Å². The van der Waals surface area contributed by atoms with Gasteiger partial charge in [0.2, 0.25) is 5.91 Å². The van der Waals surface area contributed by atoms with Crippen LogP contribution in [0.15, 0.2) is 42.7 Å². The van der Waals surface area contributed by atoms with Gasteiger partial charge in [0, 0.05) is 18.1 Å². The number of carbonyl (C=O) groups is 1. The summed E-state index contributed by atoms with van der Waals surface area (Å²) in [6.07, 6.45) is 5.38. The van der Waals surface area contributed by atoms with Gasteiger partial charge in [0.25, 0.3) is 0 Å². The maximum atomic E-state index is 12.3. The molecule has 22 heavy (non-hydrogen) atoms. The summed E-state index contributed by atoms with van der Waals surface area (Å²) in [7, 11) is 0. The molecular weight excluding hydrogens is 276 g/mol. The molecule has 2 N–H and O–H groups in total. The summed E-state index contributed by atoms with van der Waals surface area (Å²) in [4.78, 5) is 16.4. The van der Waals surface area contributed by atoms with Crippen LogP contribution in [0.5, 0.6) is 0 Å². The molecule has 2 unspecified atom stereocenters. The molecule has 1 aliphatic carbocycles. The van der Waals surface area contributed by atoms with Crippen molar-refractivity contribution in [1.82, 2.24) is 4.98 Å². The van der Waals surface area contributed by atoms with E-state index in [-0.39, 0.29) is 11.8 Å². The van der Waals surface area contributed by atoms with Gasteiger partial charge in [-0.05, 0) is 61.1 Å². The number of benzene rings is 1. The van der Waals surface area contributed by atoms with E-state index in [4.69, 9.17) is 0 Å². The van der Waals surface area contributed by atoms with Crippen molar-refractivity contribution in [3.63, 3.8) is 0 Å². The first-order valence-electron chi connectivity index (χ1n) is 7.65. The van der Waals surface area contributed by atoms with Gasteiger partial charge in [-0.15, -0.1) is 0 Å². The summed E-state index contributed by atoms with van der Waals surface area (Å²) < 4.78 is 0. The van der Waals surface area contributed by atoms with Crippen molar-refractivity contribution >= 4 is 11.6 Å². The lowest BCUT2D eigenvalue weighted by molar-refractivity contribution is -0.122. The molecule has 1 aliphatic rings. The number of carbonyl (C=O) groups excluding carboxylic acids is 1. The molecule has 4 heteroatoms. The molecule has 0 radical (unpaired) electrons. The van der Waals surface area contributed by atoms with Crippen molar-refractivity contribution in [3.8, 4) is 11.1 Å². The summed E-state index contributed by atoms with van der Waals surface area (Å²) >= 11 is 0. The molecule has 0 aliphatic heterocycles. The summed E-state index contributed by atoms with van der Waals surface area (Å²) in [5.41, 5.74) is 3.92. The van der Waals surface area contributed by atoms with Gasteiger partial charge in [-0.25, -0.2) is 0 Å². The quantitative estimate of drug-likeness (QED) is 0.914. The van der Waals surface area contributed by atoms with Crippen LogP contribution in [0.25, 0.3) is 11.1 Å². The van der Waals surface area contributed by atoms with Crippen molar-refractivity contribution in [1.29, 1.82) is 0 Å². The largest absolute Gasteiger partial charge is 0.392 e. The molecule has 4 nitrogen and oxygen atoms in total. The maximum Gasteiger partial charge on any atom is 0.230 e. The van der Waals surface area contributed by atoms with Crippen LogP contribution in [0.4, 0.5) is 5.69 Å². The van der Waals surface area contributed by atoms with E-state index < -0.39 is 6.10 Å². The monoisotopic (exact) mass is 296 g/mol. The number of rotatable bonds is 3. The van der Waals surface area contributed by atoms with Gasteiger partial charge in [-0.2, -0.15) is 0 Å². The molecule has 0 saturated heterocycles. The number of aliphatic hydroxyl groups excluding tert-OH is 1. The topological polar surface area (TPSA) is 62.2 Å². The van der Waals surface area contributed by atoms with Crippen molar-refractivity contribution in [2.75, 3.05) is 5.32 Å². The zero-order chi connectivity index (χ0) is 15.5. The first kappa shape index (κ1) is 14.7. The Morgan fingerprint density at radius 2 is 1.95 bits per heavy atom. The summed E-state index contributed by atoms with van der Waals surface area (Å²) in [5.74, 6) is -0.371. The minimum Gasteiger partial charge on any atom is -0.392 e. The third-order valence-corrected chi connectivity index (χ3v) is 4.33. The third kappa shape index (κ3) is 3.02. The third-order valence-electron chi connectivity index (χ3n) is 4.33. The number of nitrogens with zero attached hydrogens (tertiary/aromatic N) is 1. The van der Waals surface area contributed by atoms with Crippen LogP contribution in [-0.4, -0.2) is 22.1 Å². The average molecular weight is 296 g/mol. The van der Waals surface area contributed by atoms with E-state index in [1.54, 1.807) is 12.4 Å². The Labute approximate surface area is 130 Å². The van der Waals surface area contributed by atoms with E-state index in [1.165, 1.54) is 0 Å². The minimum absolute atomic E-state index is 0.0834. The fourth-order valence-corrected chi connectivity index (χ4v) is 2.95. The number of aliphatic hydroxyl groups is 1. The first-order valence-corrected chi connectivity index (χ1v) is 7.65. The molecule has 1 aromatic heterocycles. The molecule has 0 bridgehead atoms. The highest BCUT2D eigenvalue weighted by Gasteiger charge is 2.31. The predicted octanol–water partition coefficient (Wildman–Crippen LogP) is 3.16. The Hall–Kier alpha value is -2.20. The lowest BCUT2D eigenvalue weighted by Crippen LogP contribution is -2.28. The van der Waals surface area contributed by atoms with Crippen LogP contribution >= 0.6 is 0 Å². The molecule has 1 heterocycles. The van der Waals surface area contributed by atoms with Crippen LogP contribution in [0, 0.1) is 12.8 Å². The molecule has 3 rings (SSSR count). The Bertz CT molecular complexity index is 670. The van der Waals surface area contributed by atoms with Gasteiger partial charge >= 0.3 is 0 Å². The second kappa shape index (κ2) is 6.28. The van der Waals surface area contributed by atoms with Crippen LogP contribution in [0.3, 0.4) is 0 Å². The van der Waals surface area contributed by atoms with E-state index in [0.29, 0.717) is 6.42 Å². The standard InChI is InChI=1S/C18H20N2O2/c1-12-5-6-14(13-7-9-19-10-8-13)11-16(12)20-18(22)15-3-2-4-17(15)21/h5-11,15,17,21H,2-4H2,1H3,(H,20,22). The fraction of sp³-hybridized carbons (Fsp3) is 0.333. The Morgan fingerprint density at radius 1 is 1.18 bits per heavy atom. The van der Waals surface area contributed by atoms with Crippen molar-refractivity contribution < 1.29 is 9.90 Å². The smallest absolute Gasteiger partial charge is 0.230 e. The number of aromatic nitrogens is 1. The van der Waals surface area contributed by atoms with Gasteiger partial charge in [-0.1, -0.05) is 12.1 Å². The van der Waals surface area contributed by atoms with Gasteiger partial charge in [-0.3, -0.25) is 9.78 Å². The zero-order valence-electron chi connectivity index (χ0n) is 12.6. The molecule has 2 aromatic rings. The number of amides is 1. The van der Waals surface area contributed by atoms with Gasteiger partial charge in [0.15, 0.2) is 0 Å². The molecule has 1 amide bonds. The highest BCUT2D eigenvalue weighted by Crippen LogP contribution is 2.29. The molecule has 0 spiro atoms. The average Bonchev–Trinajstić information content (AvgIpc) is 2.96. The van der Waals surface area contributed by atoms with Crippen LogP contribution in [0.1, 0.15) is 24.8 Å². The predicted molar refractivity (Wildman–Crippen MR) is 86.4 cm³/mol. The number of nitrogens with one attached hydrogen (secondary N) is 1. The highest BCUT2D eigenvalue weighted by atomic mass is 16.3. The van der Waals surface area contributed by atoms with E-state index in [0.717, 1.165) is 35.2 Å². The van der Waals surface area contributed by atoms with E-state index in [1.807, 2.05) is 37.3 Å². The lowest BCUT2D eigenvalue weighted by atomic mass is 10.0. The van der Waals surface area contributed by atoms with Crippen molar-refractivity contribution in [2.45, 2.75) is 32.3 Å². The van der Waals surface area contributed by atoms with Gasteiger partial charge in [0.1, 0.15) is 0 Å². The van der Waals surface area contributed by atoms with Crippen molar-refractivity contribution in [2.24, 2.45) is 5.92 Å². The van der Waals surface area contributed by atoms with Gasteiger partial charge < -0.3 is 10.4 Å².